The Labute approximate surface area is 218 Å². The van der Waals surface area contributed by atoms with E-state index in [4.69, 9.17) is 4.74 Å². The Hall–Kier alpha value is -3.76. The third-order valence-electron chi connectivity index (χ3n) is 6.40. The molecule has 1 aliphatic rings. The summed E-state index contributed by atoms with van der Waals surface area (Å²) in [5, 5.41) is 0. The molecule has 0 unspecified atom stereocenters. The summed E-state index contributed by atoms with van der Waals surface area (Å²) in [4.78, 5) is 29.9. The minimum absolute atomic E-state index is 0.0808. The molecule has 2 heterocycles. The Morgan fingerprint density at radius 3 is 2.54 bits per heavy atom. The van der Waals surface area contributed by atoms with Crippen LogP contribution >= 0.6 is 11.3 Å². The van der Waals surface area contributed by atoms with Gasteiger partial charge in [0.05, 0.1) is 27.9 Å². The molecule has 0 radical (unpaired) electrons. The second-order valence-electron chi connectivity index (χ2n) is 8.60. The number of amides is 1. The predicted octanol–water partition coefficient (Wildman–Crippen LogP) is 3.93. The van der Waals surface area contributed by atoms with Crippen molar-refractivity contribution >= 4 is 49.1 Å². The number of benzene rings is 3. The molecule has 1 aromatic heterocycles. The zero-order valence-corrected chi connectivity index (χ0v) is 22.0. The largest absolute Gasteiger partial charge is 0.468 e. The first-order chi connectivity index (χ1) is 17.8. The van der Waals surface area contributed by atoms with Crippen molar-refractivity contribution in [3.05, 3.63) is 88.2 Å². The van der Waals surface area contributed by atoms with Crippen molar-refractivity contribution in [2.75, 3.05) is 18.0 Å². The molecule has 0 saturated carbocycles. The number of thiazole rings is 1. The quantitative estimate of drug-likeness (QED) is 0.349. The molecule has 10 heteroatoms. The molecule has 37 heavy (non-hydrogen) atoms. The van der Waals surface area contributed by atoms with E-state index in [0.717, 1.165) is 27.8 Å². The Kier molecular flexibility index (Phi) is 6.70. The molecule has 1 aliphatic heterocycles. The lowest BCUT2D eigenvalue weighted by Gasteiger charge is -2.19. The highest BCUT2D eigenvalue weighted by molar-refractivity contribution is 7.92. The van der Waals surface area contributed by atoms with E-state index in [2.05, 4.69) is 11.9 Å². The Balaban J connectivity index is 1.47. The summed E-state index contributed by atoms with van der Waals surface area (Å²) in [6.07, 6.45) is 1.51. The van der Waals surface area contributed by atoms with Crippen LogP contribution in [0.15, 0.2) is 76.6 Å². The molecule has 3 aromatic carbocycles. The number of esters is 1. The number of para-hydroxylation sites is 1. The van der Waals surface area contributed by atoms with Crippen LogP contribution in [0.5, 0.6) is 0 Å². The second-order valence-corrected chi connectivity index (χ2v) is 11.5. The number of nitrogens with zero attached hydrogens (tertiary/aromatic N) is 3. The maximum Gasteiger partial charge on any atom is 0.325 e. The van der Waals surface area contributed by atoms with Crippen LogP contribution in [-0.4, -0.2) is 38.5 Å². The van der Waals surface area contributed by atoms with E-state index < -0.39 is 21.9 Å². The van der Waals surface area contributed by atoms with Gasteiger partial charge in [0.25, 0.3) is 15.9 Å². The van der Waals surface area contributed by atoms with Crippen LogP contribution in [0.25, 0.3) is 10.2 Å². The molecular weight excluding hydrogens is 510 g/mol. The van der Waals surface area contributed by atoms with Gasteiger partial charge in [-0.15, -0.1) is 0 Å². The van der Waals surface area contributed by atoms with E-state index >= 15 is 0 Å². The Morgan fingerprint density at radius 2 is 1.81 bits per heavy atom. The fourth-order valence-electron chi connectivity index (χ4n) is 4.38. The molecule has 0 spiro atoms. The fourth-order valence-corrected chi connectivity index (χ4v) is 6.97. The number of aromatic nitrogens is 1. The third-order valence-corrected chi connectivity index (χ3v) is 9.27. The lowest BCUT2D eigenvalue weighted by molar-refractivity contribution is -0.141. The number of methoxy groups -OCH3 is 1. The van der Waals surface area contributed by atoms with Crippen LogP contribution in [0.1, 0.15) is 28.4 Å². The van der Waals surface area contributed by atoms with Crippen molar-refractivity contribution in [3.63, 3.8) is 0 Å². The molecule has 0 aliphatic carbocycles. The number of ether oxygens (including phenoxy) is 1. The van der Waals surface area contributed by atoms with Crippen molar-refractivity contribution in [2.45, 2.75) is 31.2 Å². The van der Waals surface area contributed by atoms with Gasteiger partial charge in [-0.2, -0.15) is 4.99 Å². The van der Waals surface area contributed by atoms with E-state index in [1.54, 1.807) is 10.6 Å². The number of hydrogen-bond donors (Lipinski definition) is 0. The number of carbonyl (C=O) groups is 2. The molecule has 0 saturated heterocycles. The zero-order chi connectivity index (χ0) is 26.2. The van der Waals surface area contributed by atoms with Gasteiger partial charge < -0.3 is 9.30 Å². The highest BCUT2D eigenvalue weighted by Crippen LogP contribution is 2.32. The summed E-state index contributed by atoms with van der Waals surface area (Å²) in [5.41, 5.74) is 3.84. The van der Waals surface area contributed by atoms with Gasteiger partial charge in [-0.3, -0.25) is 13.9 Å². The first-order valence-electron chi connectivity index (χ1n) is 11.8. The van der Waals surface area contributed by atoms with Crippen LogP contribution in [0, 0.1) is 0 Å². The molecule has 0 N–H and O–H groups in total. The van der Waals surface area contributed by atoms with Crippen LogP contribution < -0.4 is 9.11 Å². The van der Waals surface area contributed by atoms with Gasteiger partial charge in [0, 0.05) is 12.1 Å². The highest BCUT2D eigenvalue weighted by atomic mass is 32.2. The van der Waals surface area contributed by atoms with E-state index in [9.17, 15) is 18.0 Å². The van der Waals surface area contributed by atoms with Crippen LogP contribution in [-0.2, 0) is 38.9 Å². The molecule has 4 aromatic rings. The average molecular weight is 536 g/mol. The van der Waals surface area contributed by atoms with E-state index in [1.165, 1.54) is 47.0 Å². The van der Waals surface area contributed by atoms with Crippen molar-refractivity contribution in [1.29, 1.82) is 0 Å². The van der Waals surface area contributed by atoms with Gasteiger partial charge in [0.1, 0.15) is 6.54 Å². The average Bonchev–Trinajstić information content (AvgIpc) is 3.50. The van der Waals surface area contributed by atoms with Crippen molar-refractivity contribution in [3.8, 4) is 0 Å². The maximum absolute atomic E-state index is 13.3. The molecular formula is C27H25N3O5S2. The van der Waals surface area contributed by atoms with Crippen molar-refractivity contribution < 1.29 is 22.7 Å². The number of rotatable bonds is 6. The van der Waals surface area contributed by atoms with Gasteiger partial charge in [0.15, 0.2) is 4.80 Å². The van der Waals surface area contributed by atoms with Crippen molar-refractivity contribution in [1.82, 2.24) is 4.57 Å². The van der Waals surface area contributed by atoms with Crippen LogP contribution in [0.2, 0.25) is 0 Å². The van der Waals surface area contributed by atoms with Crippen LogP contribution in [0.3, 0.4) is 0 Å². The number of carbonyl (C=O) groups excluding carboxylic acids is 2. The predicted molar refractivity (Wildman–Crippen MR) is 142 cm³/mol. The topological polar surface area (TPSA) is 98.0 Å². The lowest BCUT2D eigenvalue weighted by Crippen LogP contribution is -2.29. The van der Waals surface area contributed by atoms with Crippen molar-refractivity contribution in [2.24, 2.45) is 4.99 Å². The highest BCUT2D eigenvalue weighted by Gasteiger charge is 2.30. The first-order valence-corrected chi connectivity index (χ1v) is 14.1. The van der Waals surface area contributed by atoms with Gasteiger partial charge in [-0.1, -0.05) is 42.5 Å². The number of sulfonamides is 1. The SMILES string of the molecule is CCc1ccc2c(c1)sc(=NC(=O)c1ccc(S(=O)(=O)N3CCc4ccccc43)cc1)n2CC(=O)OC. The first kappa shape index (κ1) is 24.9. The smallest absolute Gasteiger partial charge is 0.325 e. The molecule has 0 bridgehead atoms. The fraction of sp³-hybridized carbons (Fsp3) is 0.222. The number of aryl methyl sites for hydroxylation is 1. The lowest BCUT2D eigenvalue weighted by atomic mass is 10.2. The second kappa shape index (κ2) is 9.95. The van der Waals surface area contributed by atoms with E-state index in [-0.39, 0.29) is 17.0 Å². The van der Waals surface area contributed by atoms with Gasteiger partial charge in [-0.25, -0.2) is 8.42 Å². The van der Waals surface area contributed by atoms with E-state index in [1.807, 2.05) is 36.4 Å². The summed E-state index contributed by atoms with van der Waals surface area (Å²) in [6.45, 7) is 2.35. The number of anilines is 1. The zero-order valence-electron chi connectivity index (χ0n) is 20.4. The molecule has 0 fully saturated rings. The molecule has 8 nitrogen and oxygen atoms in total. The minimum Gasteiger partial charge on any atom is -0.468 e. The molecule has 190 valence electrons. The summed E-state index contributed by atoms with van der Waals surface area (Å²) < 4.78 is 35.3. The monoisotopic (exact) mass is 535 g/mol. The van der Waals surface area contributed by atoms with Crippen LogP contribution in [0.4, 0.5) is 5.69 Å². The van der Waals surface area contributed by atoms with Gasteiger partial charge in [-0.05, 0) is 66.4 Å². The summed E-state index contributed by atoms with van der Waals surface area (Å²) in [5.74, 6) is -0.984. The van der Waals surface area contributed by atoms with E-state index in [0.29, 0.717) is 23.5 Å². The molecule has 1 amide bonds. The number of hydrogen-bond acceptors (Lipinski definition) is 6. The molecule has 5 rings (SSSR count). The Bertz CT molecular complexity index is 1690. The maximum atomic E-state index is 13.3. The van der Waals surface area contributed by atoms with Gasteiger partial charge >= 0.3 is 5.97 Å². The minimum atomic E-state index is -3.76. The third kappa shape index (κ3) is 4.70. The summed E-state index contributed by atoms with van der Waals surface area (Å²) in [6, 6.07) is 19.1. The molecule has 0 atom stereocenters. The summed E-state index contributed by atoms with van der Waals surface area (Å²) >= 11 is 1.31. The number of fused-ring (bicyclic) bond motifs is 2. The Morgan fingerprint density at radius 1 is 1.05 bits per heavy atom. The summed E-state index contributed by atoms with van der Waals surface area (Å²) in [7, 11) is -2.45. The van der Waals surface area contributed by atoms with Gasteiger partial charge in [0.2, 0.25) is 0 Å². The normalized spacial score (nSPS) is 13.7. The standard InChI is InChI=1S/C27H25N3O5S2/c1-3-18-8-13-23-24(16-18)36-27(29(23)17-25(31)35-2)28-26(32)20-9-11-21(12-10-20)37(33,34)30-15-14-19-6-4-5-7-22(19)30/h4-13,16H,3,14-15,17H2,1-2H3.